The molecule has 2 aromatic rings. The molecule has 0 unspecified atom stereocenters. The first-order valence-electron chi connectivity index (χ1n) is 7.45. The van der Waals surface area contributed by atoms with Crippen LogP contribution in [0.25, 0.3) is 10.9 Å². The molecule has 3 rings (SSSR count). The van der Waals surface area contributed by atoms with Gasteiger partial charge in [0.15, 0.2) is 0 Å². The molecule has 7 heteroatoms. The summed E-state index contributed by atoms with van der Waals surface area (Å²) >= 11 is 3.41. The molecule has 0 spiro atoms. The van der Waals surface area contributed by atoms with Gasteiger partial charge in [0.2, 0.25) is 5.91 Å². The standard InChI is InChI=1S/C16H17BrN2O4/c17-10-3-4-12-11(7-10)9(8-18-12)6-13(16(21)22)19-15(20)14-2-1-5-23-14/h3-4,7-8,13-14,18H,1-2,5-6H2,(H,19,20)(H,21,22)/t13-,14-/m1/s1. The van der Waals surface area contributed by atoms with Crippen LogP contribution in [0.15, 0.2) is 28.9 Å². The van der Waals surface area contributed by atoms with Crippen LogP contribution in [0, 0.1) is 0 Å². The molecule has 23 heavy (non-hydrogen) atoms. The maximum Gasteiger partial charge on any atom is 0.326 e. The van der Waals surface area contributed by atoms with Gasteiger partial charge in [-0.25, -0.2) is 4.79 Å². The normalized spacial score (nSPS) is 18.9. The Hall–Kier alpha value is -1.86. The summed E-state index contributed by atoms with van der Waals surface area (Å²) in [6, 6.07) is 4.78. The molecule has 2 heterocycles. The fourth-order valence-corrected chi connectivity index (χ4v) is 3.15. The van der Waals surface area contributed by atoms with Crippen molar-refractivity contribution in [3.8, 4) is 0 Å². The van der Waals surface area contributed by atoms with E-state index in [1.54, 1.807) is 6.20 Å². The van der Waals surface area contributed by atoms with Crippen molar-refractivity contribution in [2.24, 2.45) is 0 Å². The van der Waals surface area contributed by atoms with E-state index in [0.717, 1.165) is 27.4 Å². The first-order valence-corrected chi connectivity index (χ1v) is 8.24. The minimum atomic E-state index is -1.05. The van der Waals surface area contributed by atoms with E-state index in [9.17, 15) is 14.7 Å². The summed E-state index contributed by atoms with van der Waals surface area (Å²) < 4.78 is 6.22. The van der Waals surface area contributed by atoms with Crippen LogP contribution in [0.5, 0.6) is 0 Å². The Morgan fingerprint density at radius 3 is 3.00 bits per heavy atom. The lowest BCUT2D eigenvalue weighted by atomic mass is 10.0. The van der Waals surface area contributed by atoms with E-state index < -0.39 is 18.1 Å². The Bertz CT molecular complexity index is 737. The van der Waals surface area contributed by atoms with Crippen molar-refractivity contribution in [3.63, 3.8) is 0 Å². The third kappa shape index (κ3) is 3.56. The third-order valence-electron chi connectivity index (χ3n) is 3.99. The first-order chi connectivity index (χ1) is 11.0. The predicted molar refractivity (Wildman–Crippen MR) is 88.2 cm³/mol. The number of aliphatic carboxylic acids is 1. The number of carbonyl (C=O) groups excluding carboxylic acids is 1. The van der Waals surface area contributed by atoms with Gasteiger partial charge in [0.05, 0.1) is 0 Å². The molecule has 1 aliphatic heterocycles. The number of nitrogens with one attached hydrogen (secondary N) is 2. The van der Waals surface area contributed by atoms with E-state index in [4.69, 9.17) is 4.74 Å². The second-order valence-corrected chi connectivity index (χ2v) is 6.52. The van der Waals surface area contributed by atoms with Crippen molar-refractivity contribution >= 4 is 38.7 Å². The average molecular weight is 381 g/mol. The number of carbonyl (C=O) groups is 2. The number of hydrogen-bond acceptors (Lipinski definition) is 3. The summed E-state index contributed by atoms with van der Waals surface area (Å²) in [6.07, 6.45) is 2.92. The zero-order chi connectivity index (χ0) is 16.4. The second kappa shape index (κ2) is 6.72. The van der Waals surface area contributed by atoms with E-state index in [-0.39, 0.29) is 12.3 Å². The van der Waals surface area contributed by atoms with Crippen LogP contribution in [0.2, 0.25) is 0 Å². The molecule has 0 bridgehead atoms. The highest BCUT2D eigenvalue weighted by Crippen LogP contribution is 2.24. The monoisotopic (exact) mass is 380 g/mol. The number of hydrogen-bond donors (Lipinski definition) is 3. The molecular weight excluding hydrogens is 364 g/mol. The number of halogens is 1. The van der Waals surface area contributed by atoms with Crippen molar-refractivity contribution in [2.75, 3.05) is 6.61 Å². The highest BCUT2D eigenvalue weighted by Gasteiger charge is 2.28. The number of aromatic nitrogens is 1. The van der Waals surface area contributed by atoms with Crippen LogP contribution in [0.1, 0.15) is 18.4 Å². The number of rotatable bonds is 5. The molecule has 1 amide bonds. The Morgan fingerprint density at radius 2 is 2.30 bits per heavy atom. The lowest BCUT2D eigenvalue weighted by Crippen LogP contribution is -2.46. The topological polar surface area (TPSA) is 91.4 Å². The third-order valence-corrected chi connectivity index (χ3v) is 4.48. The van der Waals surface area contributed by atoms with Gasteiger partial charge >= 0.3 is 5.97 Å². The van der Waals surface area contributed by atoms with Gasteiger partial charge in [-0.2, -0.15) is 0 Å². The van der Waals surface area contributed by atoms with Gasteiger partial charge in [0, 0.05) is 34.6 Å². The second-order valence-electron chi connectivity index (χ2n) is 5.61. The van der Waals surface area contributed by atoms with Crippen LogP contribution in [0.4, 0.5) is 0 Å². The van der Waals surface area contributed by atoms with Crippen LogP contribution >= 0.6 is 15.9 Å². The number of carboxylic acid groups (broad SMARTS) is 1. The van der Waals surface area contributed by atoms with Crippen LogP contribution in [-0.4, -0.2) is 40.7 Å². The summed E-state index contributed by atoms with van der Waals surface area (Å²) in [5.74, 6) is -1.41. The van der Waals surface area contributed by atoms with E-state index in [1.807, 2.05) is 18.2 Å². The first kappa shape index (κ1) is 16.0. The molecule has 1 aliphatic rings. The van der Waals surface area contributed by atoms with Crippen molar-refractivity contribution in [1.29, 1.82) is 0 Å². The Labute approximate surface area is 141 Å². The molecule has 1 aromatic heterocycles. The maximum absolute atomic E-state index is 12.1. The molecule has 3 N–H and O–H groups in total. The van der Waals surface area contributed by atoms with Crippen LogP contribution < -0.4 is 5.32 Å². The van der Waals surface area contributed by atoms with E-state index in [2.05, 4.69) is 26.2 Å². The van der Waals surface area contributed by atoms with Gasteiger partial charge in [0.25, 0.3) is 0 Å². The molecule has 0 radical (unpaired) electrons. The Morgan fingerprint density at radius 1 is 1.48 bits per heavy atom. The SMILES string of the molecule is O=C(O)[C@@H](Cc1c[nH]c2ccc(Br)cc12)NC(=O)[C@H]1CCCO1. The maximum atomic E-state index is 12.1. The molecule has 2 atom stereocenters. The van der Waals surface area contributed by atoms with Crippen LogP contribution in [-0.2, 0) is 20.7 Å². The lowest BCUT2D eigenvalue weighted by molar-refractivity contribution is -0.143. The smallest absolute Gasteiger partial charge is 0.326 e. The van der Waals surface area contributed by atoms with Gasteiger partial charge in [-0.15, -0.1) is 0 Å². The molecule has 1 aromatic carbocycles. The van der Waals surface area contributed by atoms with E-state index in [1.165, 1.54) is 0 Å². The molecule has 0 aliphatic carbocycles. The summed E-state index contributed by atoms with van der Waals surface area (Å²) in [4.78, 5) is 26.7. The number of carboxylic acids is 1. The van der Waals surface area contributed by atoms with Gasteiger partial charge in [-0.1, -0.05) is 15.9 Å². The van der Waals surface area contributed by atoms with Crippen LogP contribution in [0.3, 0.4) is 0 Å². The molecule has 6 nitrogen and oxygen atoms in total. The Balaban J connectivity index is 1.77. The number of amides is 1. The minimum Gasteiger partial charge on any atom is -0.480 e. The predicted octanol–water partition coefficient (Wildman–Crippen LogP) is 2.22. The molecule has 0 saturated carbocycles. The summed E-state index contributed by atoms with van der Waals surface area (Å²) in [5.41, 5.74) is 1.78. The fourth-order valence-electron chi connectivity index (χ4n) is 2.79. The molecule has 1 saturated heterocycles. The zero-order valence-electron chi connectivity index (χ0n) is 12.3. The summed E-state index contributed by atoms with van der Waals surface area (Å²) in [7, 11) is 0. The molecule has 122 valence electrons. The Kier molecular flexibility index (Phi) is 4.68. The van der Waals surface area contributed by atoms with Gasteiger partial charge in [-0.3, -0.25) is 4.79 Å². The summed E-state index contributed by atoms with van der Waals surface area (Å²) in [6.45, 7) is 0.548. The van der Waals surface area contributed by atoms with Crippen molar-refractivity contribution in [2.45, 2.75) is 31.4 Å². The average Bonchev–Trinajstić information content (AvgIpc) is 3.16. The van der Waals surface area contributed by atoms with Crippen molar-refractivity contribution in [1.82, 2.24) is 10.3 Å². The number of ether oxygens (including phenoxy) is 1. The zero-order valence-corrected chi connectivity index (χ0v) is 13.9. The van der Waals surface area contributed by atoms with Gasteiger partial charge < -0.3 is 20.1 Å². The number of H-pyrrole nitrogens is 1. The highest BCUT2D eigenvalue weighted by molar-refractivity contribution is 9.10. The van der Waals surface area contributed by atoms with Gasteiger partial charge in [-0.05, 0) is 36.6 Å². The quantitative estimate of drug-likeness (QED) is 0.741. The van der Waals surface area contributed by atoms with Gasteiger partial charge in [0.1, 0.15) is 12.1 Å². The van der Waals surface area contributed by atoms with Crippen molar-refractivity contribution in [3.05, 3.63) is 34.4 Å². The number of benzene rings is 1. The summed E-state index contributed by atoms with van der Waals surface area (Å²) in [5, 5.41) is 12.9. The van der Waals surface area contributed by atoms with E-state index >= 15 is 0 Å². The highest BCUT2D eigenvalue weighted by atomic mass is 79.9. The lowest BCUT2D eigenvalue weighted by Gasteiger charge is -2.17. The largest absolute Gasteiger partial charge is 0.480 e. The minimum absolute atomic E-state index is 0.213. The molecular formula is C16H17BrN2O4. The number of aromatic amines is 1. The van der Waals surface area contributed by atoms with Crippen molar-refractivity contribution < 1.29 is 19.4 Å². The fraction of sp³-hybridized carbons (Fsp3) is 0.375. The number of fused-ring (bicyclic) bond motifs is 1. The van der Waals surface area contributed by atoms with E-state index in [0.29, 0.717) is 13.0 Å². The molecule has 1 fully saturated rings.